The van der Waals surface area contributed by atoms with E-state index >= 15 is 0 Å². The van der Waals surface area contributed by atoms with E-state index in [9.17, 15) is 14.9 Å². The number of amides is 2. The van der Waals surface area contributed by atoms with Gasteiger partial charge in [0.15, 0.2) is 0 Å². The molecular formula is C17H19N5O3. The SMILES string of the molecule is CC(Nc1ncccc1[N+](=O)[O-])c1ccc(NC(=O)NC2CC2)cc1. The van der Waals surface area contributed by atoms with Crippen LogP contribution in [-0.4, -0.2) is 22.0 Å². The molecule has 0 aliphatic heterocycles. The van der Waals surface area contributed by atoms with E-state index in [1.807, 2.05) is 19.1 Å². The molecule has 1 aliphatic carbocycles. The highest BCUT2D eigenvalue weighted by Crippen LogP contribution is 2.26. The van der Waals surface area contributed by atoms with E-state index in [4.69, 9.17) is 0 Å². The van der Waals surface area contributed by atoms with Crippen molar-refractivity contribution >= 4 is 23.2 Å². The van der Waals surface area contributed by atoms with Gasteiger partial charge in [-0.25, -0.2) is 9.78 Å². The van der Waals surface area contributed by atoms with E-state index in [1.165, 1.54) is 18.3 Å². The topological polar surface area (TPSA) is 109 Å². The summed E-state index contributed by atoms with van der Waals surface area (Å²) in [4.78, 5) is 26.3. The van der Waals surface area contributed by atoms with Crippen molar-refractivity contribution in [3.63, 3.8) is 0 Å². The van der Waals surface area contributed by atoms with Crippen molar-refractivity contribution in [2.45, 2.75) is 31.8 Å². The van der Waals surface area contributed by atoms with Crippen LogP contribution in [0, 0.1) is 10.1 Å². The average Bonchev–Trinajstić information content (AvgIpc) is 3.39. The van der Waals surface area contributed by atoms with E-state index in [-0.39, 0.29) is 23.6 Å². The maximum atomic E-state index is 11.7. The normalized spacial score (nSPS) is 14.4. The second-order valence-corrected chi connectivity index (χ2v) is 5.99. The summed E-state index contributed by atoms with van der Waals surface area (Å²) in [5.41, 5.74) is 1.55. The predicted molar refractivity (Wildman–Crippen MR) is 94.5 cm³/mol. The maximum absolute atomic E-state index is 11.7. The van der Waals surface area contributed by atoms with Gasteiger partial charge in [-0.05, 0) is 43.5 Å². The Hall–Kier alpha value is -3.16. The molecule has 0 saturated heterocycles. The minimum Gasteiger partial charge on any atom is -0.358 e. The number of urea groups is 1. The first-order valence-corrected chi connectivity index (χ1v) is 8.06. The largest absolute Gasteiger partial charge is 0.358 e. The molecule has 0 radical (unpaired) electrons. The third kappa shape index (κ3) is 4.43. The number of anilines is 2. The molecule has 1 heterocycles. The molecule has 1 atom stereocenters. The molecule has 2 aromatic rings. The lowest BCUT2D eigenvalue weighted by molar-refractivity contribution is -0.384. The molecule has 0 bridgehead atoms. The predicted octanol–water partition coefficient (Wildman–Crippen LogP) is 3.45. The molecule has 1 saturated carbocycles. The number of nitro groups is 1. The van der Waals surface area contributed by atoms with Crippen LogP contribution in [0.5, 0.6) is 0 Å². The van der Waals surface area contributed by atoms with Gasteiger partial charge >= 0.3 is 11.7 Å². The number of nitrogens with one attached hydrogen (secondary N) is 3. The summed E-state index contributed by atoms with van der Waals surface area (Å²) in [6.45, 7) is 1.89. The molecular weight excluding hydrogens is 322 g/mol. The Kier molecular flexibility index (Phi) is 4.78. The second kappa shape index (κ2) is 7.16. The summed E-state index contributed by atoms with van der Waals surface area (Å²) < 4.78 is 0. The third-order valence-electron chi connectivity index (χ3n) is 3.92. The van der Waals surface area contributed by atoms with Gasteiger partial charge in [0.05, 0.1) is 11.0 Å². The fraction of sp³-hybridized carbons (Fsp3) is 0.294. The summed E-state index contributed by atoms with van der Waals surface area (Å²) in [7, 11) is 0. The first-order valence-electron chi connectivity index (χ1n) is 8.06. The molecule has 1 aromatic heterocycles. The lowest BCUT2D eigenvalue weighted by atomic mass is 10.1. The van der Waals surface area contributed by atoms with Crippen molar-refractivity contribution in [1.82, 2.24) is 10.3 Å². The molecule has 1 aliphatic rings. The Bertz CT molecular complexity index is 774. The summed E-state index contributed by atoms with van der Waals surface area (Å²) in [6.07, 6.45) is 3.58. The van der Waals surface area contributed by atoms with E-state index in [0.29, 0.717) is 11.7 Å². The first kappa shape index (κ1) is 16.7. The number of carbonyl (C=O) groups is 1. The highest BCUT2D eigenvalue weighted by atomic mass is 16.6. The average molecular weight is 341 g/mol. The number of hydrogen-bond acceptors (Lipinski definition) is 5. The van der Waals surface area contributed by atoms with Gasteiger partial charge in [-0.3, -0.25) is 10.1 Å². The van der Waals surface area contributed by atoms with Crippen molar-refractivity contribution in [2.24, 2.45) is 0 Å². The molecule has 1 aromatic carbocycles. The van der Waals surface area contributed by atoms with Gasteiger partial charge in [-0.1, -0.05) is 12.1 Å². The zero-order valence-corrected chi connectivity index (χ0v) is 13.7. The Labute approximate surface area is 144 Å². The Morgan fingerprint density at radius 3 is 2.64 bits per heavy atom. The van der Waals surface area contributed by atoms with Gasteiger partial charge in [0, 0.05) is 24.0 Å². The first-order chi connectivity index (χ1) is 12.0. The van der Waals surface area contributed by atoms with E-state index in [2.05, 4.69) is 20.9 Å². The molecule has 0 spiro atoms. The number of rotatable bonds is 6. The monoisotopic (exact) mass is 341 g/mol. The van der Waals surface area contributed by atoms with Crippen molar-refractivity contribution in [2.75, 3.05) is 10.6 Å². The molecule has 8 heteroatoms. The van der Waals surface area contributed by atoms with Crippen LogP contribution in [0.15, 0.2) is 42.6 Å². The molecule has 1 fully saturated rings. The van der Waals surface area contributed by atoms with Crippen molar-refractivity contribution in [1.29, 1.82) is 0 Å². The summed E-state index contributed by atoms with van der Waals surface area (Å²) >= 11 is 0. The summed E-state index contributed by atoms with van der Waals surface area (Å²) in [5.74, 6) is 0.228. The minimum absolute atomic E-state index is 0.0654. The van der Waals surface area contributed by atoms with Gasteiger partial charge in [-0.15, -0.1) is 0 Å². The van der Waals surface area contributed by atoms with Gasteiger partial charge in [0.1, 0.15) is 0 Å². The van der Waals surface area contributed by atoms with Crippen molar-refractivity contribution in [3.05, 3.63) is 58.3 Å². The van der Waals surface area contributed by atoms with E-state index in [0.717, 1.165) is 18.4 Å². The highest BCUT2D eigenvalue weighted by molar-refractivity contribution is 5.89. The molecule has 1 unspecified atom stereocenters. The zero-order chi connectivity index (χ0) is 17.8. The second-order valence-electron chi connectivity index (χ2n) is 5.99. The third-order valence-corrected chi connectivity index (χ3v) is 3.92. The van der Waals surface area contributed by atoms with Crippen LogP contribution in [0.1, 0.15) is 31.4 Å². The van der Waals surface area contributed by atoms with Crippen LogP contribution in [-0.2, 0) is 0 Å². The van der Waals surface area contributed by atoms with Crippen molar-refractivity contribution < 1.29 is 9.72 Å². The Balaban J connectivity index is 1.63. The lowest BCUT2D eigenvalue weighted by Crippen LogP contribution is -2.30. The van der Waals surface area contributed by atoms with Crippen LogP contribution in [0.2, 0.25) is 0 Å². The van der Waals surface area contributed by atoms with Gasteiger partial charge in [0.25, 0.3) is 0 Å². The summed E-state index contributed by atoms with van der Waals surface area (Å²) in [5, 5.41) is 19.7. The number of pyridine rings is 1. The van der Waals surface area contributed by atoms with Crippen LogP contribution in [0.4, 0.5) is 22.0 Å². The fourth-order valence-corrected chi connectivity index (χ4v) is 2.38. The lowest BCUT2D eigenvalue weighted by Gasteiger charge is -2.15. The fourth-order valence-electron chi connectivity index (χ4n) is 2.38. The highest BCUT2D eigenvalue weighted by Gasteiger charge is 2.23. The molecule has 130 valence electrons. The summed E-state index contributed by atoms with van der Waals surface area (Å²) in [6, 6.07) is 10.2. The number of carbonyl (C=O) groups excluding carboxylic acids is 1. The number of hydrogen-bond donors (Lipinski definition) is 3. The molecule has 2 amide bonds. The smallest absolute Gasteiger partial charge is 0.319 e. The maximum Gasteiger partial charge on any atom is 0.319 e. The molecule has 25 heavy (non-hydrogen) atoms. The number of aromatic nitrogens is 1. The van der Waals surface area contributed by atoms with E-state index in [1.54, 1.807) is 12.1 Å². The zero-order valence-electron chi connectivity index (χ0n) is 13.7. The van der Waals surface area contributed by atoms with Crippen molar-refractivity contribution in [3.8, 4) is 0 Å². The molecule has 8 nitrogen and oxygen atoms in total. The Morgan fingerprint density at radius 1 is 1.28 bits per heavy atom. The van der Waals surface area contributed by atoms with Crippen LogP contribution in [0.25, 0.3) is 0 Å². The molecule has 3 N–H and O–H groups in total. The number of nitrogens with zero attached hydrogens (tertiary/aromatic N) is 2. The Morgan fingerprint density at radius 2 is 2.00 bits per heavy atom. The minimum atomic E-state index is -0.465. The quantitative estimate of drug-likeness (QED) is 0.551. The van der Waals surface area contributed by atoms with Gasteiger partial charge < -0.3 is 16.0 Å². The van der Waals surface area contributed by atoms with Crippen LogP contribution in [0.3, 0.4) is 0 Å². The van der Waals surface area contributed by atoms with Crippen LogP contribution >= 0.6 is 0 Å². The molecule has 3 rings (SSSR count). The van der Waals surface area contributed by atoms with Crippen LogP contribution < -0.4 is 16.0 Å². The number of benzene rings is 1. The van der Waals surface area contributed by atoms with Gasteiger partial charge in [-0.2, -0.15) is 0 Å². The standard InChI is InChI=1S/C17H19N5O3/c1-11(19-16-15(22(24)25)3-2-10-18-16)12-4-6-13(7-5-12)20-17(23)21-14-8-9-14/h2-7,10-11,14H,8-9H2,1H3,(H,18,19)(H2,20,21,23). The van der Waals surface area contributed by atoms with E-state index < -0.39 is 4.92 Å². The van der Waals surface area contributed by atoms with Gasteiger partial charge in [0.2, 0.25) is 5.82 Å².